The molecule has 0 atom stereocenters. The fourth-order valence-corrected chi connectivity index (χ4v) is 2.72. The van der Waals surface area contributed by atoms with Crippen LogP contribution in [0, 0.1) is 0 Å². The topological polar surface area (TPSA) is 94.0 Å². The number of nitrogens with zero attached hydrogens (tertiary/aromatic N) is 4. The first-order valence-electron chi connectivity index (χ1n) is 8.21. The smallest absolute Gasteiger partial charge is 0.273 e. The van der Waals surface area contributed by atoms with Crippen LogP contribution in [-0.4, -0.2) is 32.8 Å². The molecule has 0 unspecified atom stereocenters. The van der Waals surface area contributed by atoms with Crippen LogP contribution in [0.25, 0.3) is 16.7 Å². The molecule has 0 saturated carbocycles. The molecule has 1 amide bonds. The first-order valence-corrected chi connectivity index (χ1v) is 8.21. The van der Waals surface area contributed by atoms with E-state index in [4.69, 9.17) is 4.74 Å². The summed E-state index contributed by atoms with van der Waals surface area (Å²) in [5.41, 5.74) is 7.41. The third kappa shape index (κ3) is 3.15. The molecule has 134 valence electrons. The van der Waals surface area contributed by atoms with Crippen LogP contribution in [0.5, 0.6) is 5.75 Å². The molecule has 2 heterocycles. The molecule has 4 rings (SSSR count). The summed E-state index contributed by atoms with van der Waals surface area (Å²) < 4.78 is 6.93. The van der Waals surface area contributed by atoms with Crippen molar-refractivity contribution in [3.63, 3.8) is 0 Å². The average Bonchev–Trinajstić information content (AvgIpc) is 3.17. The molecule has 8 nitrogen and oxygen atoms in total. The van der Waals surface area contributed by atoms with E-state index in [0.29, 0.717) is 28.2 Å². The molecule has 0 bridgehead atoms. The summed E-state index contributed by atoms with van der Waals surface area (Å²) >= 11 is 0. The van der Waals surface area contributed by atoms with Gasteiger partial charge in [0, 0.05) is 0 Å². The third-order valence-electron chi connectivity index (χ3n) is 4.01. The average molecular weight is 360 g/mol. The van der Waals surface area contributed by atoms with Gasteiger partial charge in [-0.2, -0.15) is 5.10 Å². The zero-order valence-corrected chi connectivity index (χ0v) is 14.5. The largest absolute Gasteiger partial charge is 0.496 e. The van der Waals surface area contributed by atoms with Crippen LogP contribution in [0.1, 0.15) is 10.4 Å². The molecule has 0 spiro atoms. The molecule has 2 aromatic carbocycles. The predicted octanol–water partition coefficient (Wildman–Crippen LogP) is 2.58. The number of nitrogens with one attached hydrogen (secondary N) is 2. The fraction of sp³-hybridized carbons (Fsp3) is 0.0526. The van der Waals surface area contributed by atoms with Crippen molar-refractivity contribution in [3.05, 3.63) is 72.7 Å². The number of amides is 1. The number of anilines is 1. The van der Waals surface area contributed by atoms with Crippen molar-refractivity contribution in [2.24, 2.45) is 0 Å². The van der Waals surface area contributed by atoms with Gasteiger partial charge in [0.25, 0.3) is 5.91 Å². The molecule has 0 aliphatic heterocycles. The highest BCUT2D eigenvalue weighted by atomic mass is 16.5. The first kappa shape index (κ1) is 16.5. The fourth-order valence-electron chi connectivity index (χ4n) is 2.72. The number of hydrogen-bond donors (Lipinski definition) is 2. The van der Waals surface area contributed by atoms with Crippen LogP contribution in [0.2, 0.25) is 0 Å². The van der Waals surface area contributed by atoms with Crippen LogP contribution < -0.4 is 15.6 Å². The van der Waals surface area contributed by atoms with Crippen molar-refractivity contribution in [1.29, 1.82) is 0 Å². The normalized spacial score (nSPS) is 10.6. The van der Waals surface area contributed by atoms with Crippen molar-refractivity contribution in [1.82, 2.24) is 25.2 Å². The van der Waals surface area contributed by atoms with E-state index >= 15 is 0 Å². The Hall–Kier alpha value is -3.94. The molecule has 0 aliphatic carbocycles. The summed E-state index contributed by atoms with van der Waals surface area (Å²) in [6, 6.07) is 16.6. The molecule has 8 heteroatoms. The molecule has 0 saturated heterocycles. The quantitative estimate of drug-likeness (QED) is 0.531. The van der Waals surface area contributed by atoms with Crippen LogP contribution >= 0.6 is 0 Å². The van der Waals surface area contributed by atoms with Crippen LogP contribution in [-0.2, 0) is 0 Å². The standard InChI is InChI=1S/C19H16N6O2/c1-27-16-10-6-5-9-14(16)19(26)24-23-17-15-11-22-25(18(15)21-12-20-17)13-7-3-2-4-8-13/h2-12H,1H3,(H,24,26)(H,20,21,23). The molecular formula is C19H16N6O2. The summed E-state index contributed by atoms with van der Waals surface area (Å²) in [6.07, 6.45) is 3.07. The first-order chi connectivity index (χ1) is 13.3. The molecule has 0 radical (unpaired) electrons. The van der Waals surface area contributed by atoms with Gasteiger partial charge in [0.2, 0.25) is 0 Å². The van der Waals surface area contributed by atoms with E-state index in [0.717, 1.165) is 5.69 Å². The van der Waals surface area contributed by atoms with Gasteiger partial charge in [0.15, 0.2) is 11.5 Å². The van der Waals surface area contributed by atoms with Crippen LogP contribution in [0.4, 0.5) is 5.82 Å². The number of carbonyl (C=O) groups is 1. The zero-order chi connectivity index (χ0) is 18.6. The van der Waals surface area contributed by atoms with Crippen LogP contribution in [0.3, 0.4) is 0 Å². The van der Waals surface area contributed by atoms with Crippen molar-refractivity contribution < 1.29 is 9.53 Å². The number of para-hydroxylation sites is 2. The summed E-state index contributed by atoms with van der Waals surface area (Å²) in [4.78, 5) is 21.0. The van der Waals surface area contributed by atoms with Gasteiger partial charge in [-0.25, -0.2) is 14.6 Å². The monoisotopic (exact) mass is 360 g/mol. The Bertz CT molecular complexity index is 1090. The lowest BCUT2D eigenvalue weighted by Gasteiger charge is -2.11. The minimum Gasteiger partial charge on any atom is -0.496 e. The lowest BCUT2D eigenvalue weighted by atomic mass is 10.2. The number of methoxy groups -OCH3 is 1. The molecule has 2 N–H and O–H groups in total. The van der Waals surface area contributed by atoms with Gasteiger partial charge in [0.05, 0.1) is 29.9 Å². The zero-order valence-electron chi connectivity index (χ0n) is 14.5. The molecule has 4 aromatic rings. The van der Waals surface area contributed by atoms with E-state index < -0.39 is 0 Å². The van der Waals surface area contributed by atoms with E-state index in [2.05, 4.69) is 25.9 Å². The highest BCUT2D eigenvalue weighted by Gasteiger charge is 2.14. The van der Waals surface area contributed by atoms with E-state index in [9.17, 15) is 4.79 Å². The highest BCUT2D eigenvalue weighted by Crippen LogP contribution is 2.21. The Morgan fingerprint density at radius 1 is 1.04 bits per heavy atom. The number of ether oxygens (including phenoxy) is 1. The Labute approximate surface area is 154 Å². The number of benzene rings is 2. The maximum Gasteiger partial charge on any atom is 0.273 e. The van der Waals surface area contributed by atoms with Crippen molar-refractivity contribution in [2.45, 2.75) is 0 Å². The van der Waals surface area contributed by atoms with Crippen molar-refractivity contribution >= 4 is 22.8 Å². The minimum atomic E-state index is -0.338. The summed E-state index contributed by atoms with van der Waals surface area (Å²) in [6.45, 7) is 0. The van der Waals surface area contributed by atoms with Gasteiger partial charge in [-0.05, 0) is 24.3 Å². The molecule has 2 aromatic heterocycles. The second-order valence-electron chi connectivity index (χ2n) is 5.63. The van der Waals surface area contributed by atoms with E-state index in [1.54, 1.807) is 35.1 Å². The maximum absolute atomic E-state index is 12.4. The molecule has 0 aliphatic rings. The lowest BCUT2D eigenvalue weighted by Crippen LogP contribution is -2.30. The number of rotatable bonds is 5. The van der Waals surface area contributed by atoms with Crippen LogP contribution in [0.15, 0.2) is 67.1 Å². The molecule has 27 heavy (non-hydrogen) atoms. The highest BCUT2D eigenvalue weighted by molar-refractivity contribution is 5.98. The number of aromatic nitrogens is 4. The van der Waals surface area contributed by atoms with E-state index in [1.807, 2.05) is 30.3 Å². The van der Waals surface area contributed by atoms with Gasteiger partial charge in [-0.3, -0.25) is 15.6 Å². The molecular weight excluding hydrogens is 344 g/mol. The maximum atomic E-state index is 12.4. The van der Waals surface area contributed by atoms with E-state index in [1.165, 1.54) is 13.4 Å². The van der Waals surface area contributed by atoms with Gasteiger partial charge < -0.3 is 4.74 Å². The summed E-state index contributed by atoms with van der Waals surface area (Å²) in [5.74, 6) is 0.599. The van der Waals surface area contributed by atoms with Gasteiger partial charge in [-0.1, -0.05) is 30.3 Å². The second kappa shape index (κ2) is 7.12. The number of fused-ring (bicyclic) bond motifs is 1. The van der Waals surface area contributed by atoms with Crippen molar-refractivity contribution in [3.8, 4) is 11.4 Å². The predicted molar refractivity (Wildman–Crippen MR) is 101 cm³/mol. The molecule has 0 fully saturated rings. The Balaban J connectivity index is 1.60. The number of hydrazine groups is 1. The number of hydrogen-bond acceptors (Lipinski definition) is 6. The summed E-state index contributed by atoms with van der Waals surface area (Å²) in [5, 5.41) is 5.06. The third-order valence-corrected chi connectivity index (χ3v) is 4.01. The SMILES string of the molecule is COc1ccccc1C(=O)NNc1ncnc2c1cnn2-c1ccccc1. The summed E-state index contributed by atoms with van der Waals surface area (Å²) in [7, 11) is 1.52. The van der Waals surface area contributed by atoms with Gasteiger partial charge in [-0.15, -0.1) is 0 Å². The Kier molecular flexibility index (Phi) is 4.36. The van der Waals surface area contributed by atoms with Gasteiger partial charge >= 0.3 is 0 Å². The number of carbonyl (C=O) groups excluding carboxylic acids is 1. The Morgan fingerprint density at radius 3 is 2.63 bits per heavy atom. The van der Waals surface area contributed by atoms with Crippen molar-refractivity contribution in [2.75, 3.05) is 12.5 Å². The van der Waals surface area contributed by atoms with E-state index in [-0.39, 0.29) is 5.91 Å². The minimum absolute atomic E-state index is 0.338. The second-order valence-corrected chi connectivity index (χ2v) is 5.63. The van der Waals surface area contributed by atoms with Gasteiger partial charge in [0.1, 0.15) is 12.1 Å². The Morgan fingerprint density at radius 2 is 1.81 bits per heavy atom. The lowest BCUT2D eigenvalue weighted by molar-refractivity contribution is 0.0959.